The van der Waals surface area contributed by atoms with Crippen molar-refractivity contribution >= 4 is 70.8 Å². The van der Waals surface area contributed by atoms with Crippen molar-refractivity contribution in [2.24, 2.45) is 22.4 Å². The van der Waals surface area contributed by atoms with Crippen LogP contribution in [0, 0.1) is 5.92 Å². The van der Waals surface area contributed by atoms with Crippen LogP contribution in [0.3, 0.4) is 0 Å². The number of carboxylic acids is 2. The van der Waals surface area contributed by atoms with Gasteiger partial charge in [0.2, 0.25) is 5.91 Å². The summed E-state index contributed by atoms with van der Waals surface area (Å²) in [4.78, 5) is 53.2. The van der Waals surface area contributed by atoms with Crippen LogP contribution < -0.4 is 16.2 Å². The maximum atomic E-state index is 13.1. The molecule has 40 heavy (non-hydrogen) atoms. The van der Waals surface area contributed by atoms with E-state index in [0.717, 1.165) is 16.2 Å². The summed E-state index contributed by atoms with van der Waals surface area (Å²) >= 11 is 7.40. The van der Waals surface area contributed by atoms with Gasteiger partial charge in [0.1, 0.15) is 17.2 Å². The van der Waals surface area contributed by atoms with Crippen LogP contribution in [0.5, 0.6) is 5.75 Å². The van der Waals surface area contributed by atoms with E-state index in [2.05, 4.69) is 4.99 Å². The molecular formula is C26H26Cl2N4O7S. The lowest BCUT2D eigenvalue weighted by Gasteiger charge is -2.24. The number of amides is 1. The number of guanidine groups is 1. The molecule has 1 heterocycles. The van der Waals surface area contributed by atoms with Crippen LogP contribution in [-0.4, -0.2) is 51.4 Å². The van der Waals surface area contributed by atoms with E-state index in [0.29, 0.717) is 16.8 Å². The average Bonchev–Trinajstić information content (AvgIpc) is 3.33. The Morgan fingerprint density at radius 2 is 1.75 bits per heavy atom. The molecule has 2 aromatic carbocycles. The van der Waals surface area contributed by atoms with E-state index in [4.69, 9.17) is 32.9 Å². The second kappa shape index (κ2) is 14.3. The molecule has 212 valence electrons. The second-order valence-corrected chi connectivity index (χ2v) is 9.86. The van der Waals surface area contributed by atoms with Gasteiger partial charge in [-0.2, -0.15) is 0 Å². The fraction of sp³-hybridized carbons (Fsp3) is 0.192. The summed E-state index contributed by atoms with van der Waals surface area (Å²) in [5.41, 5.74) is 12.5. The summed E-state index contributed by atoms with van der Waals surface area (Å²) in [7, 11) is 0. The molecule has 0 fully saturated rings. The maximum Gasteiger partial charge on any atom is 0.345 e. The molecule has 11 nitrogen and oxygen atoms in total. The van der Waals surface area contributed by atoms with E-state index in [1.54, 1.807) is 30.5 Å². The summed E-state index contributed by atoms with van der Waals surface area (Å²) in [6.45, 7) is 1.05. The molecule has 14 heteroatoms. The zero-order valence-electron chi connectivity index (χ0n) is 21.1. The molecule has 1 unspecified atom stereocenters. The summed E-state index contributed by atoms with van der Waals surface area (Å²) < 4.78 is 5.39. The normalized spacial score (nSPS) is 11.1. The highest BCUT2D eigenvalue weighted by atomic mass is 35.5. The zero-order valence-corrected chi connectivity index (χ0v) is 23.5. The number of esters is 1. The molecule has 6 N–H and O–H groups in total. The quantitative estimate of drug-likeness (QED) is 0.108. The molecule has 0 aliphatic heterocycles. The van der Waals surface area contributed by atoms with Crippen molar-refractivity contribution in [2.45, 2.75) is 19.9 Å². The van der Waals surface area contributed by atoms with E-state index in [9.17, 15) is 24.3 Å². The minimum absolute atomic E-state index is 0. The van der Waals surface area contributed by atoms with Gasteiger partial charge in [-0.25, -0.2) is 14.6 Å². The first-order chi connectivity index (χ1) is 18.4. The molecule has 1 atom stereocenters. The molecule has 1 aromatic heterocycles. The Morgan fingerprint density at radius 3 is 2.30 bits per heavy atom. The van der Waals surface area contributed by atoms with Crippen LogP contribution in [0.1, 0.15) is 38.1 Å². The molecular weight excluding hydrogens is 583 g/mol. The van der Waals surface area contributed by atoms with Gasteiger partial charge in [-0.3, -0.25) is 9.59 Å². The smallest absolute Gasteiger partial charge is 0.345 e. The van der Waals surface area contributed by atoms with Crippen molar-refractivity contribution in [3.63, 3.8) is 0 Å². The number of thiophene rings is 1. The molecule has 3 rings (SSSR count). The second-order valence-electron chi connectivity index (χ2n) is 8.54. The molecule has 3 aromatic rings. The number of rotatable bonds is 11. The number of halogens is 2. The average molecular weight is 609 g/mol. The zero-order chi connectivity index (χ0) is 28.7. The number of hydrogen-bond acceptors (Lipinski definition) is 7. The summed E-state index contributed by atoms with van der Waals surface area (Å²) in [5.74, 6) is -3.91. The van der Waals surface area contributed by atoms with E-state index >= 15 is 0 Å². The molecule has 0 spiro atoms. The van der Waals surface area contributed by atoms with Crippen LogP contribution in [0.25, 0.3) is 0 Å². The molecule has 0 saturated carbocycles. The number of aliphatic imine (C=N–C) groups is 1. The van der Waals surface area contributed by atoms with Crippen molar-refractivity contribution in [3.8, 4) is 5.75 Å². The summed E-state index contributed by atoms with van der Waals surface area (Å²) in [5, 5.41) is 20.2. The standard InChI is InChI=1S/C26H25ClN4O7S.ClH/c1-14(23(34)31(12-22(32)33)11-15-9-21(24(35)36)39-13-15)8-17-4-7-19(10-20(17)27)38-25(37)16-2-5-18(6-3-16)30-26(28)29;/h2-7,9-10,13-14H,8,11-12H2,1H3,(H,32,33)(H,35,36)(H4,28,29,30);1H. The Balaban J connectivity index is 0.00000560. The number of nitrogens with two attached hydrogens (primary N) is 2. The topological polar surface area (TPSA) is 186 Å². The predicted molar refractivity (Wildman–Crippen MR) is 153 cm³/mol. The number of carbonyl (C=O) groups is 4. The van der Waals surface area contributed by atoms with Gasteiger partial charge in [-0.05, 0) is 65.4 Å². The van der Waals surface area contributed by atoms with Crippen molar-refractivity contribution in [1.29, 1.82) is 0 Å². The number of nitrogens with zero attached hydrogens (tertiary/aromatic N) is 2. The lowest BCUT2D eigenvalue weighted by atomic mass is 9.99. The number of hydrogen-bond donors (Lipinski definition) is 4. The van der Waals surface area contributed by atoms with Gasteiger partial charge < -0.3 is 31.3 Å². The van der Waals surface area contributed by atoms with Crippen molar-refractivity contribution in [3.05, 3.63) is 80.5 Å². The van der Waals surface area contributed by atoms with Crippen molar-refractivity contribution in [1.82, 2.24) is 4.90 Å². The number of aromatic carboxylic acids is 1. The van der Waals surface area contributed by atoms with Gasteiger partial charge in [0.15, 0.2) is 5.96 Å². The largest absolute Gasteiger partial charge is 0.480 e. The van der Waals surface area contributed by atoms with Gasteiger partial charge in [0.05, 0.1) is 11.3 Å². The summed E-state index contributed by atoms with van der Waals surface area (Å²) in [6.07, 6.45) is 0.193. The van der Waals surface area contributed by atoms with Gasteiger partial charge in [-0.1, -0.05) is 24.6 Å². The Kier molecular flexibility index (Phi) is 11.5. The Bertz CT molecular complexity index is 1420. The van der Waals surface area contributed by atoms with E-state index in [1.807, 2.05) is 0 Å². The molecule has 0 radical (unpaired) electrons. The first-order valence-electron chi connectivity index (χ1n) is 11.4. The van der Waals surface area contributed by atoms with Crippen LogP contribution >= 0.6 is 35.3 Å². The number of carbonyl (C=O) groups excluding carboxylic acids is 2. The van der Waals surface area contributed by atoms with Crippen LogP contribution in [0.15, 0.2) is 58.9 Å². The van der Waals surface area contributed by atoms with Crippen molar-refractivity contribution < 1.29 is 34.1 Å². The number of carboxylic acid groups (broad SMARTS) is 2. The minimum Gasteiger partial charge on any atom is -0.480 e. The molecule has 0 aliphatic rings. The molecule has 0 aliphatic carbocycles. The fourth-order valence-electron chi connectivity index (χ4n) is 3.64. The monoisotopic (exact) mass is 608 g/mol. The van der Waals surface area contributed by atoms with Crippen LogP contribution in [0.4, 0.5) is 5.69 Å². The first kappa shape index (κ1) is 32.1. The highest BCUT2D eigenvalue weighted by Crippen LogP contribution is 2.27. The molecule has 0 bridgehead atoms. The van der Waals surface area contributed by atoms with E-state index < -0.39 is 36.3 Å². The SMILES string of the molecule is CC(Cc1ccc(OC(=O)c2ccc(N=C(N)N)cc2)cc1Cl)C(=O)N(CC(=O)O)Cc1csc(C(=O)O)c1.Cl. The number of ether oxygens (including phenoxy) is 1. The van der Waals surface area contributed by atoms with Crippen LogP contribution in [-0.2, 0) is 22.6 Å². The van der Waals surface area contributed by atoms with Crippen LogP contribution in [0.2, 0.25) is 5.02 Å². The first-order valence-corrected chi connectivity index (χ1v) is 12.7. The Labute approximate surface area is 244 Å². The van der Waals surface area contributed by atoms with E-state index in [-0.39, 0.29) is 52.5 Å². The third kappa shape index (κ3) is 8.97. The third-order valence-corrected chi connectivity index (χ3v) is 6.74. The number of aliphatic carboxylic acids is 1. The molecule has 1 amide bonds. The maximum absolute atomic E-state index is 13.1. The Morgan fingerprint density at radius 1 is 1.07 bits per heavy atom. The fourth-order valence-corrected chi connectivity index (χ4v) is 4.63. The lowest BCUT2D eigenvalue weighted by molar-refractivity contribution is -0.146. The molecule has 0 saturated heterocycles. The van der Waals surface area contributed by atoms with Crippen molar-refractivity contribution in [2.75, 3.05) is 6.54 Å². The number of benzene rings is 2. The van der Waals surface area contributed by atoms with Gasteiger partial charge in [-0.15, -0.1) is 23.7 Å². The third-order valence-electron chi connectivity index (χ3n) is 5.42. The van der Waals surface area contributed by atoms with Gasteiger partial charge in [0.25, 0.3) is 0 Å². The summed E-state index contributed by atoms with van der Waals surface area (Å²) in [6, 6.07) is 12.2. The minimum atomic E-state index is -1.20. The van der Waals surface area contributed by atoms with Gasteiger partial charge >= 0.3 is 17.9 Å². The lowest BCUT2D eigenvalue weighted by Crippen LogP contribution is -2.39. The highest BCUT2D eigenvalue weighted by molar-refractivity contribution is 7.12. The highest BCUT2D eigenvalue weighted by Gasteiger charge is 2.25. The predicted octanol–water partition coefficient (Wildman–Crippen LogP) is 3.94. The Hall–Kier alpha value is -4.13. The van der Waals surface area contributed by atoms with E-state index in [1.165, 1.54) is 30.3 Å². The van der Waals surface area contributed by atoms with Gasteiger partial charge in [0, 0.05) is 17.5 Å².